The molecule has 0 unspecified atom stereocenters. The number of esters is 1. The highest BCUT2D eigenvalue weighted by atomic mass is 32.2. The highest BCUT2D eigenvalue weighted by Gasteiger charge is 2.05. The Bertz CT molecular complexity index is 510. The molecule has 0 saturated heterocycles. The molecule has 31 heavy (non-hydrogen) atoms. The van der Waals surface area contributed by atoms with Gasteiger partial charge >= 0.3 is 5.97 Å². The fourth-order valence-electron chi connectivity index (χ4n) is 3.63. The summed E-state index contributed by atoms with van der Waals surface area (Å²) in [6.45, 7) is 4.62. The first kappa shape index (κ1) is 30.3. The van der Waals surface area contributed by atoms with Crippen molar-refractivity contribution in [3.05, 3.63) is 0 Å². The van der Waals surface area contributed by atoms with Crippen molar-refractivity contribution < 1.29 is 22.5 Å². The third kappa shape index (κ3) is 25.5. The molecule has 0 saturated carbocycles. The Morgan fingerprint density at radius 2 is 1.23 bits per heavy atom. The quantitative estimate of drug-likeness (QED) is 0.114. The zero-order chi connectivity index (χ0) is 23.2. The third-order valence-corrected chi connectivity index (χ3v) is 6.43. The highest BCUT2D eigenvalue weighted by molar-refractivity contribution is 7.85. The summed E-state index contributed by atoms with van der Waals surface area (Å²) in [7, 11) is -1.80. The first-order valence-electron chi connectivity index (χ1n) is 12.6. The van der Waals surface area contributed by atoms with Crippen LogP contribution in [0, 0.1) is 0 Å². The molecule has 0 aromatic heterocycles. The van der Waals surface area contributed by atoms with Gasteiger partial charge in [-0.1, -0.05) is 77.6 Å². The largest absolute Gasteiger partial charge is 0.466 e. The number of nitrogens with zero attached hydrogens (tertiary/aromatic N) is 1. The fraction of sp³-hybridized carbons (Fsp3) is 0.958. The second-order valence-corrected chi connectivity index (χ2v) is 10.4. The summed E-state index contributed by atoms with van der Waals surface area (Å²) in [5.41, 5.74) is 0. The predicted octanol–water partition coefficient (Wildman–Crippen LogP) is 6.00. The maximum atomic E-state index is 11.8. The van der Waals surface area contributed by atoms with Crippen molar-refractivity contribution in [2.24, 2.45) is 0 Å². The van der Waals surface area contributed by atoms with E-state index in [-0.39, 0.29) is 11.7 Å². The molecular weight excluding hydrogens is 414 g/mol. The number of hydrogen-bond acceptors (Lipinski definition) is 5. The van der Waals surface area contributed by atoms with Crippen molar-refractivity contribution in [1.29, 1.82) is 0 Å². The molecule has 0 spiro atoms. The lowest BCUT2D eigenvalue weighted by Gasteiger charge is -2.16. The molecule has 0 aliphatic rings. The molecule has 0 aliphatic carbocycles. The van der Waals surface area contributed by atoms with Crippen LogP contribution in [0.1, 0.15) is 116 Å². The summed E-state index contributed by atoms with van der Waals surface area (Å²) < 4.78 is 35.4. The van der Waals surface area contributed by atoms with Gasteiger partial charge in [0.1, 0.15) is 0 Å². The molecule has 7 heteroatoms. The van der Waals surface area contributed by atoms with Crippen LogP contribution in [0.2, 0.25) is 0 Å². The molecule has 186 valence electrons. The predicted molar refractivity (Wildman–Crippen MR) is 129 cm³/mol. The number of carbonyl (C=O) groups excluding carboxylic acids is 1. The van der Waals surface area contributed by atoms with Crippen LogP contribution in [-0.4, -0.2) is 56.3 Å². The number of unbranched alkanes of at least 4 members (excludes halogenated alkanes) is 13. The van der Waals surface area contributed by atoms with Crippen molar-refractivity contribution in [2.45, 2.75) is 116 Å². The Balaban J connectivity index is 3.32. The van der Waals surface area contributed by atoms with E-state index >= 15 is 0 Å². The molecule has 0 aliphatic heterocycles. The van der Waals surface area contributed by atoms with E-state index in [1.165, 1.54) is 51.4 Å². The zero-order valence-corrected chi connectivity index (χ0v) is 21.1. The van der Waals surface area contributed by atoms with E-state index in [4.69, 9.17) is 9.29 Å². The average Bonchev–Trinajstić information content (AvgIpc) is 2.71. The maximum absolute atomic E-state index is 11.8. The minimum Gasteiger partial charge on any atom is -0.466 e. The highest BCUT2D eigenvalue weighted by Crippen LogP contribution is 2.11. The Kier molecular flexibility index (Phi) is 20.7. The van der Waals surface area contributed by atoms with Gasteiger partial charge < -0.3 is 9.64 Å². The Hall–Kier alpha value is -0.660. The first-order chi connectivity index (χ1) is 14.8. The van der Waals surface area contributed by atoms with E-state index < -0.39 is 10.1 Å². The number of ether oxygens (including phenoxy) is 1. The minimum atomic E-state index is -3.83. The van der Waals surface area contributed by atoms with E-state index in [9.17, 15) is 13.2 Å². The second-order valence-electron chi connectivity index (χ2n) is 8.86. The molecule has 0 fully saturated rings. The number of hydrogen-bond donors (Lipinski definition) is 1. The van der Waals surface area contributed by atoms with Gasteiger partial charge in [0.25, 0.3) is 10.1 Å². The molecule has 0 aromatic carbocycles. The molecule has 0 bridgehead atoms. The van der Waals surface area contributed by atoms with Crippen LogP contribution in [0.4, 0.5) is 0 Å². The normalized spacial score (nSPS) is 11.9. The molecule has 6 nitrogen and oxygen atoms in total. The molecule has 0 aromatic rings. The van der Waals surface area contributed by atoms with Crippen LogP contribution in [0.3, 0.4) is 0 Å². The van der Waals surface area contributed by atoms with Crippen LogP contribution < -0.4 is 0 Å². The Morgan fingerprint density at radius 3 is 1.81 bits per heavy atom. The van der Waals surface area contributed by atoms with Crippen molar-refractivity contribution >= 4 is 16.1 Å². The van der Waals surface area contributed by atoms with Gasteiger partial charge in [0.15, 0.2) is 0 Å². The molecule has 0 amide bonds. The monoisotopic (exact) mass is 463 g/mol. The summed E-state index contributed by atoms with van der Waals surface area (Å²) in [4.78, 5) is 14.0. The van der Waals surface area contributed by atoms with E-state index in [2.05, 4.69) is 11.8 Å². The summed E-state index contributed by atoms with van der Waals surface area (Å²) >= 11 is 0. The topological polar surface area (TPSA) is 83.9 Å². The van der Waals surface area contributed by atoms with Gasteiger partial charge in [-0.2, -0.15) is 8.42 Å². The lowest BCUT2D eigenvalue weighted by Crippen LogP contribution is -2.21. The van der Waals surface area contributed by atoms with Crippen molar-refractivity contribution in [1.82, 2.24) is 4.90 Å². The summed E-state index contributed by atoms with van der Waals surface area (Å²) in [6.07, 6.45) is 18.7. The van der Waals surface area contributed by atoms with Gasteiger partial charge in [-0.15, -0.1) is 0 Å². The lowest BCUT2D eigenvalue weighted by molar-refractivity contribution is -0.143. The van der Waals surface area contributed by atoms with E-state index in [1.807, 2.05) is 7.05 Å². The maximum Gasteiger partial charge on any atom is 0.305 e. The van der Waals surface area contributed by atoms with E-state index in [1.54, 1.807) is 0 Å². The number of rotatable bonds is 23. The van der Waals surface area contributed by atoms with Gasteiger partial charge in [-0.05, 0) is 52.2 Å². The van der Waals surface area contributed by atoms with Crippen LogP contribution in [0.15, 0.2) is 0 Å². The smallest absolute Gasteiger partial charge is 0.305 e. The first-order valence-corrected chi connectivity index (χ1v) is 14.3. The molecule has 1 N–H and O–H groups in total. The molecular formula is C24H49NO5S. The second kappa shape index (κ2) is 21.2. The Labute approximate surface area is 192 Å². The van der Waals surface area contributed by atoms with Gasteiger partial charge in [0.05, 0.1) is 12.4 Å². The summed E-state index contributed by atoms with van der Waals surface area (Å²) in [5.74, 6) is -0.220. The van der Waals surface area contributed by atoms with Gasteiger partial charge in [-0.3, -0.25) is 9.35 Å². The van der Waals surface area contributed by atoms with E-state index in [0.29, 0.717) is 19.4 Å². The SMILES string of the molecule is CCCCCCCCCCCCOC(=O)CCCCCCN(C)CCCCS(=O)(=O)O. The van der Waals surface area contributed by atoms with Gasteiger partial charge in [0, 0.05) is 6.42 Å². The molecule has 0 radical (unpaired) electrons. The van der Waals surface area contributed by atoms with Crippen molar-refractivity contribution in [3.63, 3.8) is 0 Å². The molecule has 0 atom stereocenters. The van der Waals surface area contributed by atoms with Crippen LogP contribution in [0.5, 0.6) is 0 Å². The average molecular weight is 464 g/mol. The van der Waals surface area contributed by atoms with E-state index in [0.717, 1.165) is 58.0 Å². The lowest BCUT2D eigenvalue weighted by atomic mass is 10.1. The summed E-state index contributed by atoms with van der Waals surface area (Å²) in [6, 6.07) is 0. The molecule has 0 heterocycles. The van der Waals surface area contributed by atoms with Gasteiger partial charge in [0.2, 0.25) is 0 Å². The Morgan fingerprint density at radius 1 is 0.742 bits per heavy atom. The van der Waals surface area contributed by atoms with Gasteiger partial charge in [-0.25, -0.2) is 0 Å². The zero-order valence-electron chi connectivity index (χ0n) is 20.3. The summed E-state index contributed by atoms with van der Waals surface area (Å²) in [5, 5.41) is 0. The third-order valence-electron chi connectivity index (χ3n) is 5.62. The minimum absolute atomic E-state index is 0.0631. The fourth-order valence-corrected chi connectivity index (χ4v) is 4.20. The van der Waals surface area contributed by atoms with Crippen LogP contribution >= 0.6 is 0 Å². The molecule has 0 rings (SSSR count). The van der Waals surface area contributed by atoms with Crippen molar-refractivity contribution in [2.75, 3.05) is 32.5 Å². The number of carbonyl (C=O) groups is 1. The standard InChI is InChI=1S/C24H49NO5S/c1-3-4-5-6-7-8-9-10-13-17-22-30-24(26)19-14-11-12-15-20-25(2)21-16-18-23-31(27,28)29/h3-23H2,1-2H3,(H,27,28,29). The van der Waals surface area contributed by atoms with Crippen LogP contribution in [0.25, 0.3) is 0 Å². The van der Waals surface area contributed by atoms with Crippen LogP contribution in [-0.2, 0) is 19.6 Å². The van der Waals surface area contributed by atoms with Crippen molar-refractivity contribution in [3.8, 4) is 0 Å².